The number of nitrogens with one attached hydrogen (secondary N) is 3. The molecule has 7 heteroatoms. The number of fused-ring (bicyclic) bond motifs is 2. The molecule has 0 aliphatic heterocycles. The first kappa shape index (κ1) is 27.7. The van der Waals surface area contributed by atoms with Gasteiger partial charge in [-0.25, -0.2) is 4.98 Å². The minimum absolute atomic E-state index is 0.690. The summed E-state index contributed by atoms with van der Waals surface area (Å²) in [7, 11) is 0. The Hall–Kier alpha value is -1.57. The van der Waals surface area contributed by atoms with Gasteiger partial charge in [0.2, 0.25) is 0 Å². The number of thioether (sulfide) groups is 1. The molecule has 4 rings (SSSR count). The Balaban J connectivity index is 0.000000200. The zero-order chi connectivity index (χ0) is 24.4. The van der Waals surface area contributed by atoms with E-state index in [1.165, 1.54) is 47.9 Å². The number of halogens is 1. The molecule has 0 amide bonds. The van der Waals surface area contributed by atoms with Gasteiger partial charge in [-0.2, -0.15) is 0 Å². The number of unbranched alkanes of at least 4 members (excludes halogenated alkanes) is 2. The molecule has 0 spiro atoms. The van der Waals surface area contributed by atoms with E-state index in [0.29, 0.717) is 4.77 Å². The Labute approximate surface area is 215 Å². The van der Waals surface area contributed by atoms with Gasteiger partial charge in [-0.3, -0.25) is 0 Å². The van der Waals surface area contributed by atoms with Gasteiger partial charge < -0.3 is 15.0 Å². The molecule has 4 aromatic rings. The number of hydrogen-bond donors (Lipinski definition) is 3. The van der Waals surface area contributed by atoms with E-state index in [2.05, 4.69) is 102 Å². The van der Waals surface area contributed by atoms with Gasteiger partial charge in [0.15, 0.2) is 9.93 Å². The van der Waals surface area contributed by atoms with Crippen LogP contribution in [0.2, 0.25) is 0 Å². The molecule has 0 bridgehead atoms. The number of hydrogen-bond acceptors (Lipinski definition) is 3. The third-order valence-electron chi connectivity index (χ3n) is 5.43. The van der Waals surface area contributed by atoms with Gasteiger partial charge in [0.25, 0.3) is 0 Å². The highest BCUT2D eigenvalue weighted by Gasteiger charge is 2.04. The molecule has 0 radical (unpaired) electrons. The lowest BCUT2D eigenvalue weighted by atomic mass is 10.1. The Morgan fingerprint density at radius 2 is 1.30 bits per heavy atom. The standard InChI is InChI=1S/C13H18N2S.C9H10N2S.C4H9Br/c1-4-5-6-16-13-14-11-7-9(2)10(3)8-12(11)15-13;1-5-3-7-8(4-6(5)2)11-9(12)10-7;1-2-3-4-5/h7-8H,4-6H2,1-3H3,(H,14,15);3-4H,1-2H3,(H2,10,11,12);2-4H2,1H3. The summed E-state index contributed by atoms with van der Waals surface area (Å²) in [6.07, 6.45) is 5.09. The van der Waals surface area contributed by atoms with Crippen molar-refractivity contribution >= 4 is 62.0 Å². The second-order valence-electron chi connectivity index (χ2n) is 8.30. The summed E-state index contributed by atoms with van der Waals surface area (Å²) in [5.41, 5.74) is 9.61. The van der Waals surface area contributed by atoms with Gasteiger partial charge in [-0.1, -0.05) is 54.4 Å². The van der Waals surface area contributed by atoms with Crippen LogP contribution in [0.3, 0.4) is 0 Å². The molecular weight excluding hydrogens is 512 g/mol. The van der Waals surface area contributed by atoms with E-state index in [9.17, 15) is 0 Å². The highest BCUT2D eigenvalue weighted by atomic mass is 79.9. The SMILES string of the molecule is CCCCBr.CCCCSc1nc2cc(C)c(C)cc2[nH]1.Cc1cc2[nH]c(=S)[nH]c2cc1C. The van der Waals surface area contributed by atoms with Crippen LogP contribution in [0.5, 0.6) is 0 Å². The number of alkyl halides is 1. The topological polar surface area (TPSA) is 60.3 Å². The minimum Gasteiger partial charge on any atom is -0.333 e. The Morgan fingerprint density at radius 1 is 0.788 bits per heavy atom. The van der Waals surface area contributed by atoms with Crippen molar-refractivity contribution in [2.45, 2.75) is 72.4 Å². The molecule has 2 heterocycles. The molecule has 0 unspecified atom stereocenters. The zero-order valence-corrected chi connectivity index (χ0v) is 23.9. The molecule has 0 saturated carbocycles. The molecule has 0 aliphatic carbocycles. The Kier molecular flexibility index (Phi) is 11.7. The number of benzene rings is 2. The maximum absolute atomic E-state index is 4.99. The largest absolute Gasteiger partial charge is 0.333 e. The van der Waals surface area contributed by atoms with Crippen molar-refractivity contribution in [1.29, 1.82) is 0 Å². The lowest BCUT2D eigenvalue weighted by Crippen LogP contribution is -1.79. The molecule has 0 saturated heterocycles. The van der Waals surface area contributed by atoms with Gasteiger partial charge in [0.1, 0.15) is 0 Å². The monoisotopic (exact) mass is 548 g/mol. The van der Waals surface area contributed by atoms with E-state index in [1.807, 2.05) is 11.8 Å². The summed E-state index contributed by atoms with van der Waals surface area (Å²) in [5, 5.41) is 2.21. The second kappa shape index (κ2) is 14.0. The number of rotatable bonds is 6. The molecule has 3 N–H and O–H groups in total. The van der Waals surface area contributed by atoms with Crippen LogP contribution in [0.25, 0.3) is 22.1 Å². The van der Waals surface area contributed by atoms with Gasteiger partial charge >= 0.3 is 0 Å². The van der Waals surface area contributed by atoms with Crippen LogP contribution >= 0.6 is 39.9 Å². The Bertz CT molecular complexity index is 1120. The van der Waals surface area contributed by atoms with E-state index in [4.69, 9.17) is 12.2 Å². The number of H-pyrrole nitrogens is 3. The predicted octanol–water partition coefficient (Wildman–Crippen LogP) is 9.10. The first-order valence-electron chi connectivity index (χ1n) is 11.6. The smallest absolute Gasteiger partial charge is 0.175 e. The van der Waals surface area contributed by atoms with Crippen LogP contribution in [-0.4, -0.2) is 31.0 Å². The molecule has 2 aromatic heterocycles. The fourth-order valence-electron chi connectivity index (χ4n) is 3.06. The average Bonchev–Trinajstić information content (AvgIpc) is 3.32. The van der Waals surface area contributed by atoms with E-state index in [1.54, 1.807) is 0 Å². The Morgan fingerprint density at radius 3 is 1.79 bits per heavy atom. The zero-order valence-electron chi connectivity index (χ0n) is 20.7. The summed E-state index contributed by atoms with van der Waals surface area (Å²) < 4.78 is 0.690. The molecular formula is C26H37BrN4S2. The van der Waals surface area contributed by atoms with Crippen LogP contribution in [0.1, 0.15) is 61.8 Å². The highest BCUT2D eigenvalue weighted by molar-refractivity contribution is 9.09. The van der Waals surface area contributed by atoms with Crippen molar-refractivity contribution < 1.29 is 0 Å². The van der Waals surface area contributed by atoms with E-state index < -0.39 is 0 Å². The second-order valence-corrected chi connectivity index (χ2v) is 10.6. The highest BCUT2D eigenvalue weighted by Crippen LogP contribution is 2.23. The molecule has 0 fully saturated rings. The third-order valence-corrected chi connectivity index (χ3v) is 7.15. The minimum atomic E-state index is 0.690. The van der Waals surface area contributed by atoms with Gasteiger partial charge in [0, 0.05) is 11.1 Å². The fourth-order valence-corrected chi connectivity index (χ4v) is 4.81. The van der Waals surface area contributed by atoms with Gasteiger partial charge in [0.05, 0.1) is 22.1 Å². The number of imidazole rings is 2. The normalized spacial score (nSPS) is 10.6. The molecule has 0 aliphatic rings. The van der Waals surface area contributed by atoms with Crippen molar-refractivity contribution in [3.63, 3.8) is 0 Å². The van der Waals surface area contributed by atoms with Crippen molar-refractivity contribution in [3.05, 3.63) is 51.3 Å². The summed E-state index contributed by atoms with van der Waals surface area (Å²) in [6, 6.07) is 8.56. The van der Waals surface area contributed by atoms with Crippen molar-refractivity contribution in [1.82, 2.24) is 19.9 Å². The number of aromatic nitrogens is 4. The van der Waals surface area contributed by atoms with E-state index in [-0.39, 0.29) is 0 Å². The predicted molar refractivity (Wildman–Crippen MR) is 153 cm³/mol. The summed E-state index contributed by atoms with van der Waals surface area (Å²) in [6.45, 7) is 12.9. The van der Waals surface area contributed by atoms with E-state index >= 15 is 0 Å². The van der Waals surface area contributed by atoms with Crippen molar-refractivity contribution in [3.8, 4) is 0 Å². The van der Waals surface area contributed by atoms with E-state index in [0.717, 1.165) is 38.3 Å². The first-order chi connectivity index (χ1) is 15.8. The third kappa shape index (κ3) is 8.62. The number of nitrogens with zero attached hydrogens (tertiary/aromatic N) is 1. The molecule has 180 valence electrons. The van der Waals surface area contributed by atoms with Crippen LogP contribution in [0.15, 0.2) is 29.4 Å². The maximum atomic E-state index is 4.99. The van der Waals surface area contributed by atoms with Crippen molar-refractivity contribution in [2.24, 2.45) is 0 Å². The number of aryl methyl sites for hydroxylation is 4. The first-order valence-corrected chi connectivity index (χ1v) is 14.2. The van der Waals surface area contributed by atoms with Crippen LogP contribution in [0.4, 0.5) is 0 Å². The molecule has 33 heavy (non-hydrogen) atoms. The van der Waals surface area contributed by atoms with Gasteiger partial charge in [-0.05, 0) is 99.3 Å². The summed E-state index contributed by atoms with van der Waals surface area (Å²) >= 11 is 10.1. The maximum Gasteiger partial charge on any atom is 0.175 e. The van der Waals surface area contributed by atoms with Crippen LogP contribution < -0.4 is 0 Å². The fraction of sp³-hybridized carbons (Fsp3) is 0.462. The quantitative estimate of drug-likeness (QED) is 0.0973. The summed E-state index contributed by atoms with van der Waals surface area (Å²) in [4.78, 5) is 14.1. The molecule has 0 atom stereocenters. The lowest BCUT2D eigenvalue weighted by molar-refractivity contribution is 0.893. The molecule has 4 nitrogen and oxygen atoms in total. The van der Waals surface area contributed by atoms with Crippen LogP contribution in [-0.2, 0) is 0 Å². The summed E-state index contributed by atoms with van der Waals surface area (Å²) in [5.74, 6) is 1.15. The average molecular weight is 550 g/mol. The van der Waals surface area contributed by atoms with Crippen LogP contribution in [0, 0.1) is 32.5 Å². The molecule has 2 aromatic carbocycles. The van der Waals surface area contributed by atoms with Crippen molar-refractivity contribution in [2.75, 3.05) is 11.1 Å². The van der Waals surface area contributed by atoms with Gasteiger partial charge in [-0.15, -0.1) is 0 Å². The lowest BCUT2D eigenvalue weighted by Gasteiger charge is -1.97. The number of aromatic amines is 3.